The highest BCUT2D eigenvalue weighted by Crippen LogP contribution is 2.43. The number of allylic oxidation sites excluding steroid dienone is 22. The Bertz CT molecular complexity index is 1890. The molecular weight excluding hydrogens is 1050 g/mol. The maximum atomic E-state index is 13.0. The van der Waals surface area contributed by atoms with Crippen molar-refractivity contribution < 1.29 is 52.2 Å². The number of hydrogen-bond acceptors (Lipinski definition) is 10. The largest absolute Gasteiger partial charge is 0.472 e. The number of hydrogen-bond donors (Lipinski definition) is 2. The molecule has 3 atom stereocenters. The first-order valence-corrected chi connectivity index (χ1v) is 33.6. The van der Waals surface area contributed by atoms with Gasteiger partial charge in [-0.15, -0.1) is 0 Å². The second-order valence-corrected chi connectivity index (χ2v) is 22.3. The molecule has 0 amide bonds. The molecule has 0 heterocycles. The number of phosphoric ester groups is 1. The lowest BCUT2D eigenvalue weighted by atomic mass is 10.0. The number of unbranched alkanes of at least 4 members (excludes halogenated alkanes) is 19. The molecule has 0 rings (SSSR count). The van der Waals surface area contributed by atoms with Gasteiger partial charge in [-0.25, -0.2) is 4.57 Å². The molecule has 0 aromatic rings. The van der Waals surface area contributed by atoms with Crippen LogP contribution in [0.4, 0.5) is 0 Å². The first-order chi connectivity index (χ1) is 40.2. The van der Waals surface area contributed by atoms with Gasteiger partial charge in [-0.2, -0.15) is 0 Å². The highest BCUT2D eigenvalue weighted by molar-refractivity contribution is 7.47. The fourth-order valence-corrected chi connectivity index (χ4v) is 9.08. The summed E-state index contributed by atoms with van der Waals surface area (Å²) >= 11 is 0. The summed E-state index contributed by atoms with van der Waals surface area (Å²) in [5.74, 6) is -1.63. The Morgan fingerprint density at radius 2 is 0.659 bits per heavy atom. The molecule has 3 unspecified atom stereocenters. The first kappa shape index (κ1) is 77.6. The molecule has 0 aromatic carbocycles. The van der Waals surface area contributed by atoms with Crippen molar-refractivity contribution in [1.29, 1.82) is 0 Å². The van der Waals surface area contributed by atoms with Crippen molar-refractivity contribution in [3.63, 3.8) is 0 Å². The lowest BCUT2D eigenvalue weighted by Crippen LogP contribution is -2.30. The summed E-state index contributed by atoms with van der Waals surface area (Å²) in [6.07, 6.45) is 80.0. The van der Waals surface area contributed by atoms with Crippen molar-refractivity contribution >= 4 is 25.7 Å². The summed E-state index contributed by atoms with van der Waals surface area (Å²) in [4.78, 5) is 48.7. The van der Waals surface area contributed by atoms with E-state index in [0.717, 1.165) is 89.9 Å². The molecule has 0 bridgehead atoms. The summed E-state index contributed by atoms with van der Waals surface area (Å²) in [6.45, 7) is 4.29. The zero-order valence-electron chi connectivity index (χ0n) is 51.7. The van der Waals surface area contributed by atoms with Crippen LogP contribution in [0.25, 0.3) is 0 Å². The predicted octanol–water partition coefficient (Wildman–Crippen LogP) is 19.7. The van der Waals surface area contributed by atoms with E-state index in [0.29, 0.717) is 25.7 Å². The Labute approximate surface area is 500 Å². The van der Waals surface area contributed by atoms with Crippen LogP contribution >= 0.6 is 7.82 Å². The zero-order chi connectivity index (χ0) is 59.8. The Hall–Kier alpha value is -4.38. The molecule has 0 fully saturated rings. The summed E-state index contributed by atoms with van der Waals surface area (Å²) in [6, 6.07) is 0. The van der Waals surface area contributed by atoms with Crippen molar-refractivity contribution in [3.05, 3.63) is 134 Å². The molecule has 82 heavy (non-hydrogen) atoms. The van der Waals surface area contributed by atoms with Gasteiger partial charge < -0.3 is 24.2 Å². The number of phosphoric acid groups is 1. The van der Waals surface area contributed by atoms with Crippen LogP contribution in [-0.2, 0) is 42.2 Å². The monoisotopic (exact) mass is 1160 g/mol. The van der Waals surface area contributed by atoms with Crippen LogP contribution in [0.3, 0.4) is 0 Å². The molecule has 466 valence electrons. The standard InChI is InChI=1S/C70H115O11P/c1-4-7-10-13-16-19-22-25-28-31-33-36-38-41-44-47-50-53-56-59-68(72)77-63-67(81-70(74)61-58-55-52-49-46-43-40-37-34-32-29-26-23-20-17-14-11-8-5-2)65-79-82(75,76)78-64-66(62-71)80-69(73)60-57-54-51-48-45-42-39-35-30-27-24-21-18-15-12-9-6-3/h7,9-10,12,16,18-19,21,25,27-28,30,33,36,39,41-42,44,48,50-51,53,66-67,71H,4-6,8,11,13-15,17,20,22-24,26,29,31-32,34-35,37-38,40,43,45-47,49,52,54-65H2,1-3H3,(H,75,76)/b10-7-,12-9-,19-16-,21-18-,28-25-,30-27-,36-33-,42-39-,44-41-,51-48-,53-50-. The normalized spacial score (nSPS) is 14.2. The molecular formula is C70H115O11P. The number of carbonyl (C=O) groups is 3. The average Bonchev–Trinajstić information content (AvgIpc) is 3.47. The van der Waals surface area contributed by atoms with Gasteiger partial charge in [0.15, 0.2) is 6.10 Å². The van der Waals surface area contributed by atoms with Crippen molar-refractivity contribution in [3.8, 4) is 0 Å². The fraction of sp³-hybridized carbons (Fsp3) is 0.643. The SMILES string of the molecule is CC/C=C\C/C=C\C/C=C\C/C=C\C/C=C\C/C=C\CCC(=O)OCC(COP(=O)(O)OCC(CO)OC(=O)CCC/C=C\C/C=C\C/C=C\C/C=C\C/C=C\CC)OC(=O)CCCCCCCCCCCCCCCCCCCCC. The molecule has 0 spiro atoms. The second-order valence-electron chi connectivity index (χ2n) is 20.8. The molecule has 2 N–H and O–H groups in total. The number of ether oxygens (including phenoxy) is 3. The zero-order valence-corrected chi connectivity index (χ0v) is 52.6. The van der Waals surface area contributed by atoms with Crippen LogP contribution in [-0.4, -0.2) is 66.5 Å². The summed E-state index contributed by atoms with van der Waals surface area (Å²) in [7, 11) is -4.79. The second kappa shape index (κ2) is 62.7. The van der Waals surface area contributed by atoms with Gasteiger partial charge >= 0.3 is 25.7 Å². The van der Waals surface area contributed by atoms with E-state index < -0.39 is 57.8 Å². The highest BCUT2D eigenvalue weighted by Gasteiger charge is 2.28. The highest BCUT2D eigenvalue weighted by atomic mass is 31.2. The molecule has 0 saturated carbocycles. The smallest absolute Gasteiger partial charge is 0.462 e. The molecule has 0 saturated heterocycles. The molecule has 0 radical (unpaired) electrons. The third kappa shape index (κ3) is 60.2. The minimum atomic E-state index is -4.79. The van der Waals surface area contributed by atoms with Gasteiger partial charge in [0.25, 0.3) is 0 Å². The van der Waals surface area contributed by atoms with Gasteiger partial charge in [-0.3, -0.25) is 23.4 Å². The van der Waals surface area contributed by atoms with Crippen molar-refractivity contribution in [2.75, 3.05) is 26.4 Å². The van der Waals surface area contributed by atoms with Crippen LogP contribution in [0.1, 0.15) is 252 Å². The minimum Gasteiger partial charge on any atom is -0.462 e. The van der Waals surface area contributed by atoms with Crippen LogP contribution < -0.4 is 0 Å². The number of aliphatic hydroxyl groups is 1. The number of esters is 3. The van der Waals surface area contributed by atoms with E-state index in [9.17, 15) is 28.9 Å². The first-order valence-electron chi connectivity index (χ1n) is 32.1. The number of rotatable bonds is 58. The van der Waals surface area contributed by atoms with Crippen LogP contribution in [0.15, 0.2) is 134 Å². The maximum Gasteiger partial charge on any atom is 0.472 e. The lowest BCUT2D eigenvalue weighted by Gasteiger charge is -2.21. The van der Waals surface area contributed by atoms with Crippen LogP contribution in [0.2, 0.25) is 0 Å². The van der Waals surface area contributed by atoms with Gasteiger partial charge in [0, 0.05) is 19.3 Å². The third-order valence-electron chi connectivity index (χ3n) is 13.1. The van der Waals surface area contributed by atoms with Gasteiger partial charge in [0.05, 0.1) is 19.8 Å². The third-order valence-corrected chi connectivity index (χ3v) is 14.0. The van der Waals surface area contributed by atoms with Gasteiger partial charge in [0.2, 0.25) is 0 Å². The average molecular weight is 1160 g/mol. The molecule has 12 heteroatoms. The molecule has 0 aliphatic carbocycles. The van der Waals surface area contributed by atoms with E-state index in [4.69, 9.17) is 23.3 Å². The van der Waals surface area contributed by atoms with Crippen molar-refractivity contribution in [2.24, 2.45) is 0 Å². The quantitative estimate of drug-likeness (QED) is 0.0197. The topological polar surface area (TPSA) is 155 Å². The van der Waals surface area contributed by atoms with Crippen LogP contribution in [0, 0.1) is 0 Å². The predicted molar refractivity (Wildman–Crippen MR) is 343 cm³/mol. The maximum absolute atomic E-state index is 13.0. The molecule has 0 aliphatic heterocycles. The van der Waals surface area contributed by atoms with Crippen molar-refractivity contribution in [1.82, 2.24) is 0 Å². The summed E-state index contributed by atoms with van der Waals surface area (Å²) in [5.41, 5.74) is 0. The van der Waals surface area contributed by atoms with Gasteiger partial charge in [-0.05, 0) is 96.3 Å². The number of aliphatic hydroxyl groups excluding tert-OH is 1. The Morgan fingerprint density at radius 1 is 0.354 bits per heavy atom. The van der Waals surface area contributed by atoms with E-state index in [2.05, 4.69) is 130 Å². The van der Waals surface area contributed by atoms with E-state index in [1.54, 1.807) is 0 Å². The van der Waals surface area contributed by atoms with Crippen molar-refractivity contribution in [2.45, 2.75) is 264 Å². The van der Waals surface area contributed by atoms with E-state index in [1.807, 2.05) is 24.3 Å². The molecule has 11 nitrogen and oxygen atoms in total. The summed E-state index contributed by atoms with van der Waals surface area (Å²) in [5, 5.41) is 9.84. The van der Waals surface area contributed by atoms with E-state index in [-0.39, 0.29) is 25.9 Å². The lowest BCUT2D eigenvalue weighted by molar-refractivity contribution is -0.161. The molecule has 0 aliphatic rings. The van der Waals surface area contributed by atoms with Gasteiger partial charge in [0.1, 0.15) is 12.7 Å². The van der Waals surface area contributed by atoms with E-state index in [1.165, 1.54) is 96.3 Å². The Kier molecular flexibility index (Phi) is 59.3. The fourth-order valence-electron chi connectivity index (χ4n) is 8.30. The molecule has 0 aromatic heterocycles. The Balaban J connectivity index is 4.86. The van der Waals surface area contributed by atoms with Gasteiger partial charge in [-0.1, -0.05) is 270 Å². The number of carbonyl (C=O) groups excluding carboxylic acids is 3. The van der Waals surface area contributed by atoms with Crippen LogP contribution in [0.5, 0.6) is 0 Å². The minimum absolute atomic E-state index is 0.0881. The van der Waals surface area contributed by atoms with E-state index >= 15 is 0 Å². The summed E-state index contributed by atoms with van der Waals surface area (Å²) < 4.78 is 39.5. The Morgan fingerprint density at radius 3 is 1.02 bits per heavy atom.